The van der Waals surface area contributed by atoms with Crippen LogP contribution in [-0.4, -0.2) is 29.1 Å². The van der Waals surface area contributed by atoms with Gasteiger partial charge in [-0.05, 0) is 25.7 Å². The van der Waals surface area contributed by atoms with E-state index in [-0.39, 0.29) is 0 Å². The van der Waals surface area contributed by atoms with Gasteiger partial charge in [-0.3, -0.25) is 0 Å². The Morgan fingerprint density at radius 3 is 0.814 bits per heavy atom. The molecule has 0 fully saturated rings. The Morgan fingerprint density at radius 2 is 0.535 bits per heavy atom. The molecule has 0 saturated carbocycles. The maximum absolute atomic E-state index is 2.71. The molecular formula is C41H82N2. The van der Waals surface area contributed by atoms with Gasteiger partial charge in [0.15, 0.2) is 0 Å². The summed E-state index contributed by atoms with van der Waals surface area (Å²) in [5.41, 5.74) is 0. The first-order valence-corrected chi connectivity index (χ1v) is 20.5. The van der Waals surface area contributed by atoms with Crippen molar-refractivity contribution in [3.63, 3.8) is 0 Å². The van der Waals surface area contributed by atoms with Crippen molar-refractivity contribution in [3.05, 3.63) is 12.4 Å². The van der Waals surface area contributed by atoms with Crippen LogP contribution in [0.4, 0.5) is 0 Å². The first-order chi connectivity index (χ1) is 21.3. The van der Waals surface area contributed by atoms with Crippen LogP contribution in [0.1, 0.15) is 233 Å². The largest absolute Gasteiger partial charge is 0.356 e. The van der Waals surface area contributed by atoms with Gasteiger partial charge in [0.05, 0.1) is 0 Å². The van der Waals surface area contributed by atoms with Crippen molar-refractivity contribution in [1.82, 2.24) is 9.80 Å². The van der Waals surface area contributed by atoms with Crippen LogP contribution in [-0.2, 0) is 0 Å². The molecule has 1 heterocycles. The third-order valence-corrected chi connectivity index (χ3v) is 10.1. The maximum Gasteiger partial charge on any atom is 0.101 e. The summed E-state index contributed by atoms with van der Waals surface area (Å²) in [6.07, 6.45) is 52.9. The van der Waals surface area contributed by atoms with Crippen molar-refractivity contribution in [2.24, 2.45) is 0 Å². The highest BCUT2D eigenvalue weighted by molar-refractivity contribution is 4.97. The molecule has 0 aliphatic carbocycles. The molecule has 0 aromatic carbocycles. The van der Waals surface area contributed by atoms with Crippen molar-refractivity contribution in [2.45, 2.75) is 239 Å². The van der Waals surface area contributed by atoms with Crippen LogP contribution in [0.3, 0.4) is 0 Å². The van der Waals surface area contributed by atoms with Crippen LogP contribution in [0.15, 0.2) is 12.4 Å². The quantitative estimate of drug-likeness (QED) is 0.0666. The minimum atomic E-state index is 0.640. The van der Waals surface area contributed by atoms with Gasteiger partial charge < -0.3 is 9.80 Å². The normalized spacial score (nSPS) is 14.9. The van der Waals surface area contributed by atoms with Gasteiger partial charge in [0.2, 0.25) is 0 Å². The van der Waals surface area contributed by atoms with E-state index in [4.69, 9.17) is 0 Å². The summed E-state index contributed by atoms with van der Waals surface area (Å²) < 4.78 is 0. The SMILES string of the molecule is CCCCCCCCCCCCCCCCCCCC1N(CCCCCCCCC)C=CN1CCCCCCCCCC. The molecule has 0 radical (unpaired) electrons. The Kier molecular flexibility index (Phi) is 30.7. The summed E-state index contributed by atoms with van der Waals surface area (Å²) in [6, 6.07) is 0. The second kappa shape index (κ2) is 32.7. The van der Waals surface area contributed by atoms with E-state index in [9.17, 15) is 0 Å². The summed E-state index contributed by atoms with van der Waals surface area (Å²) in [5.74, 6) is 0. The molecule has 43 heavy (non-hydrogen) atoms. The highest BCUT2D eigenvalue weighted by Gasteiger charge is 2.24. The monoisotopic (exact) mass is 603 g/mol. The number of hydrogen-bond acceptors (Lipinski definition) is 2. The molecule has 0 aromatic heterocycles. The molecule has 1 aliphatic heterocycles. The molecule has 1 unspecified atom stereocenters. The first-order valence-electron chi connectivity index (χ1n) is 20.5. The Bertz CT molecular complexity index is 558. The second-order valence-electron chi connectivity index (χ2n) is 14.3. The van der Waals surface area contributed by atoms with Crippen LogP contribution in [0.5, 0.6) is 0 Å². The highest BCUT2D eigenvalue weighted by atomic mass is 15.4. The van der Waals surface area contributed by atoms with Crippen LogP contribution in [0, 0.1) is 0 Å². The standard InChI is InChI=1S/C41H82N2/c1-4-7-10-13-16-18-19-20-21-22-23-24-25-26-27-30-33-36-41-42(37-34-31-28-15-12-9-6-3)39-40-43(41)38-35-32-29-17-14-11-8-5-2/h39-41H,4-38H2,1-3H3. The zero-order chi connectivity index (χ0) is 30.9. The van der Waals surface area contributed by atoms with E-state index in [2.05, 4.69) is 43.0 Å². The first kappa shape index (κ1) is 40.4. The lowest BCUT2D eigenvalue weighted by Gasteiger charge is -2.33. The Balaban J connectivity index is 2.14. The molecule has 2 heteroatoms. The van der Waals surface area contributed by atoms with Crippen molar-refractivity contribution < 1.29 is 0 Å². The van der Waals surface area contributed by atoms with Crippen molar-refractivity contribution in [1.29, 1.82) is 0 Å². The third kappa shape index (κ3) is 25.2. The summed E-state index contributed by atoms with van der Waals surface area (Å²) in [5, 5.41) is 0. The second-order valence-corrected chi connectivity index (χ2v) is 14.3. The fourth-order valence-corrected chi connectivity index (χ4v) is 7.07. The molecular weight excluding hydrogens is 520 g/mol. The lowest BCUT2D eigenvalue weighted by molar-refractivity contribution is 0.135. The van der Waals surface area contributed by atoms with Crippen molar-refractivity contribution in [3.8, 4) is 0 Å². The molecule has 1 atom stereocenters. The van der Waals surface area contributed by atoms with E-state index in [0.29, 0.717) is 6.17 Å². The molecule has 0 N–H and O–H groups in total. The molecule has 1 aliphatic rings. The van der Waals surface area contributed by atoms with Gasteiger partial charge in [0.25, 0.3) is 0 Å². The van der Waals surface area contributed by atoms with Gasteiger partial charge in [-0.25, -0.2) is 0 Å². The van der Waals surface area contributed by atoms with Crippen LogP contribution >= 0.6 is 0 Å². The van der Waals surface area contributed by atoms with Crippen LogP contribution in [0.2, 0.25) is 0 Å². The van der Waals surface area contributed by atoms with E-state index in [0.717, 1.165) is 0 Å². The average Bonchev–Trinajstić information content (AvgIpc) is 3.40. The molecule has 0 amide bonds. The molecule has 2 nitrogen and oxygen atoms in total. The molecule has 0 aromatic rings. The number of rotatable bonds is 35. The molecule has 0 saturated heterocycles. The number of nitrogens with zero attached hydrogens (tertiary/aromatic N) is 2. The van der Waals surface area contributed by atoms with Crippen LogP contribution < -0.4 is 0 Å². The topological polar surface area (TPSA) is 6.48 Å². The van der Waals surface area contributed by atoms with E-state index in [1.807, 2.05) is 0 Å². The van der Waals surface area contributed by atoms with Gasteiger partial charge in [0.1, 0.15) is 6.17 Å². The van der Waals surface area contributed by atoms with Crippen molar-refractivity contribution >= 4 is 0 Å². The third-order valence-electron chi connectivity index (χ3n) is 10.1. The lowest BCUT2D eigenvalue weighted by atomic mass is 10.0. The predicted molar refractivity (Wildman–Crippen MR) is 196 cm³/mol. The summed E-state index contributed by atoms with van der Waals surface area (Å²) in [7, 11) is 0. The minimum absolute atomic E-state index is 0.640. The number of unbranched alkanes of at least 4 members (excludes halogenated alkanes) is 29. The van der Waals surface area contributed by atoms with E-state index in [1.165, 1.54) is 225 Å². The van der Waals surface area contributed by atoms with E-state index >= 15 is 0 Å². The van der Waals surface area contributed by atoms with Crippen LogP contribution in [0.25, 0.3) is 0 Å². The van der Waals surface area contributed by atoms with E-state index in [1.54, 1.807) is 0 Å². The molecule has 1 rings (SSSR count). The average molecular weight is 603 g/mol. The predicted octanol–water partition coefficient (Wildman–Crippen LogP) is 14.3. The fraction of sp³-hybridized carbons (Fsp3) is 0.951. The Hall–Kier alpha value is -0.660. The van der Waals surface area contributed by atoms with Crippen molar-refractivity contribution in [2.75, 3.05) is 13.1 Å². The fourth-order valence-electron chi connectivity index (χ4n) is 7.07. The zero-order valence-electron chi connectivity index (χ0n) is 30.4. The smallest absolute Gasteiger partial charge is 0.101 e. The summed E-state index contributed by atoms with van der Waals surface area (Å²) >= 11 is 0. The zero-order valence-corrected chi connectivity index (χ0v) is 30.4. The van der Waals surface area contributed by atoms with Gasteiger partial charge in [-0.15, -0.1) is 0 Å². The van der Waals surface area contributed by atoms with Gasteiger partial charge >= 0.3 is 0 Å². The summed E-state index contributed by atoms with van der Waals surface area (Å²) in [4.78, 5) is 5.42. The maximum atomic E-state index is 2.71. The number of hydrogen-bond donors (Lipinski definition) is 0. The van der Waals surface area contributed by atoms with Gasteiger partial charge in [-0.2, -0.15) is 0 Å². The molecule has 0 bridgehead atoms. The Labute approximate surface area is 273 Å². The summed E-state index contributed by atoms with van der Waals surface area (Å²) in [6.45, 7) is 9.48. The molecule has 256 valence electrons. The lowest BCUT2D eigenvalue weighted by Crippen LogP contribution is -2.39. The highest BCUT2D eigenvalue weighted by Crippen LogP contribution is 2.24. The van der Waals surface area contributed by atoms with E-state index < -0.39 is 0 Å². The van der Waals surface area contributed by atoms with Gasteiger partial charge in [-0.1, -0.05) is 207 Å². The minimum Gasteiger partial charge on any atom is -0.356 e. The molecule has 0 spiro atoms. The Morgan fingerprint density at radius 1 is 0.302 bits per heavy atom. The van der Waals surface area contributed by atoms with Gasteiger partial charge in [0, 0.05) is 25.5 Å².